The molecule has 0 amide bonds. The summed E-state index contributed by atoms with van der Waals surface area (Å²) in [6.07, 6.45) is 0.823. The number of nitrogens with one attached hydrogen (secondary N) is 1. The summed E-state index contributed by atoms with van der Waals surface area (Å²) in [6, 6.07) is 16.2. The molecule has 0 spiro atoms. The molecule has 2 aromatic carbocycles. The Labute approximate surface area is 125 Å². The van der Waals surface area contributed by atoms with E-state index < -0.39 is 0 Å². The Bertz CT molecular complexity index is 542. The summed E-state index contributed by atoms with van der Waals surface area (Å²) in [5, 5.41) is 13.7. The largest absolute Gasteiger partial charge is 0.395 e. The summed E-state index contributed by atoms with van der Waals surface area (Å²) in [5.74, 6) is 0. The minimum atomic E-state index is 0.0625. The molecule has 0 fully saturated rings. The SMILES string of the molecule is Cc1cc(Cl)ccc1CNC(CO)Cc1ccccc1. The van der Waals surface area contributed by atoms with Gasteiger partial charge in [0.2, 0.25) is 0 Å². The number of aryl methyl sites for hydroxylation is 1. The lowest BCUT2D eigenvalue weighted by atomic mass is 10.1. The molecule has 2 rings (SSSR count). The topological polar surface area (TPSA) is 32.3 Å². The first-order valence-corrected chi connectivity index (χ1v) is 7.20. The third kappa shape index (κ3) is 4.34. The van der Waals surface area contributed by atoms with Gasteiger partial charge in [-0.2, -0.15) is 0 Å². The van der Waals surface area contributed by atoms with Crippen molar-refractivity contribution >= 4 is 11.6 Å². The van der Waals surface area contributed by atoms with Crippen molar-refractivity contribution in [2.75, 3.05) is 6.61 Å². The molecule has 20 heavy (non-hydrogen) atoms. The lowest BCUT2D eigenvalue weighted by Gasteiger charge is -2.17. The van der Waals surface area contributed by atoms with Crippen LogP contribution in [0.1, 0.15) is 16.7 Å². The van der Waals surface area contributed by atoms with Gasteiger partial charge in [-0.25, -0.2) is 0 Å². The Balaban J connectivity index is 1.93. The molecule has 1 unspecified atom stereocenters. The van der Waals surface area contributed by atoms with E-state index >= 15 is 0 Å². The van der Waals surface area contributed by atoms with Gasteiger partial charge in [-0.3, -0.25) is 0 Å². The third-order valence-electron chi connectivity index (χ3n) is 3.43. The summed E-state index contributed by atoms with van der Waals surface area (Å²) in [4.78, 5) is 0. The summed E-state index contributed by atoms with van der Waals surface area (Å²) in [6.45, 7) is 2.91. The van der Waals surface area contributed by atoms with Gasteiger partial charge in [-0.05, 0) is 42.2 Å². The summed E-state index contributed by atoms with van der Waals surface area (Å²) in [7, 11) is 0. The van der Waals surface area contributed by atoms with Gasteiger partial charge >= 0.3 is 0 Å². The van der Waals surface area contributed by atoms with Crippen LogP contribution >= 0.6 is 11.6 Å². The molecule has 2 nitrogen and oxygen atoms in total. The molecular weight excluding hydrogens is 270 g/mol. The monoisotopic (exact) mass is 289 g/mol. The van der Waals surface area contributed by atoms with Gasteiger partial charge < -0.3 is 10.4 Å². The van der Waals surface area contributed by atoms with Crippen LogP contribution < -0.4 is 5.32 Å². The van der Waals surface area contributed by atoms with Crippen molar-refractivity contribution in [2.45, 2.75) is 25.9 Å². The molecule has 106 valence electrons. The van der Waals surface area contributed by atoms with E-state index in [0.717, 1.165) is 18.0 Å². The molecule has 0 aliphatic carbocycles. The second-order valence-electron chi connectivity index (χ2n) is 5.02. The van der Waals surface area contributed by atoms with Gasteiger partial charge in [0.1, 0.15) is 0 Å². The van der Waals surface area contributed by atoms with Crippen molar-refractivity contribution in [2.24, 2.45) is 0 Å². The Morgan fingerprint density at radius 1 is 1.15 bits per heavy atom. The summed E-state index contributed by atoms with van der Waals surface area (Å²) < 4.78 is 0. The van der Waals surface area contributed by atoms with Crippen LogP contribution in [0.3, 0.4) is 0 Å². The number of rotatable bonds is 6. The highest BCUT2D eigenvalue weighted by molar-refractivity contribution is 6.30. The zero-order valence-corrected chi connectivity index (χ0v) is 12.4. The highest BCUT2D eigenvalue weighted by Gasteiger charge is 2.08. The van der Waals surface area contributed by atoms with Crippen molar-refractivity contribution in [3.05, 3.63) is 70.2 Å². The molecule has 1 atom stereocenters. The quantitative estimate of drug-likeness (QED) is 0.855. The number of hydrogen-bond donors (Lipinski definition) is 2. The third-order valence-corrected chi connectivity index (χ3v) is 3.67. The summed E-state index contributed by atoms with van der Waals surface area (Å²) >= 11 is 5.95. The van der Waals surface area contributed by atoms with Crippen LogP contribution in [0.15, 0.2) is 48.5 Å². The number of benzene rings is 2. The summed E-state index contributed by atoms with van der Waals surface area (Å²) in [5.41, 5.74) is 3.61. The van der Waals surface area contributed by atoms with E-state index in [1.165, 1.54) is 16.7 Å². The predicted molar refractivity (Wildman–Crippen MR) is 84.0 cm³/mol. The molecule has 3 heteroatoms. The van der Waals surface area contributed by atoms with Crippen molar-refractivity contribution in [1.82, 2.24) is 5.32 Å². The normalized spacial score (nSPS) is 12.3. The van der Waals surface area contributed by atoms with E-state index in [1.54, 1.807) is 0 Å². The standard InChI is InChI=1S/C17H20ClNO/c1-13-9-16(18)8-7-15(13)11-19-17(12-20)10-14-5-3-2-4-6-14/h2-9,17,19-20H,10-12H2,1H3. The van der Waals surface area contributed by atoms with E-state index in [4.69, 9.17) is 11.6 Å². The average molecular weight is 290 g/mol. The molecule has 0 saturated carbocycles. The second-order valence-corrected chi connectivity index (χ2v) is 5.46. The van der Waals surface area contributed by atoms with Crippen LogP contribution in [0.25, 0.3) is 0 Å². The first-order chi connectivity index (χ1) is 9.69. The number of aliphatic hydroxyl groups is 1. The van der Waals surface area contributed by atoms with Crippen LogP contribution in [0.5, 0.6) is 0 Å². The molecular formula is C17H20ClNO. The van der Waals surface area contributed by atoms with E-state index in [9.17, 15) is 5.11 Å². The fraction of sp³-hybridized carbons (Fsp3) is 0.294. The minimum absolute atomic E-state index is 0.0625. The van der Waals surface area contributed by atoms with Crippen molar-refractivity contribution in [1.29, 1.82) is 0 Å². The second kappa shape index (κ2) is 7.44. The van der Waals surface area contributed by atoms with Crippen LogP contribution in [0, 0.1) is 6.92 Å². The van der Waals surface area contributed by atoms with Crippen LogP contribution in [-0.2, 0) is 13.0 Å². The van der Waals surface area contributed by atoms with Crippen LogP contribution in [0.4, 0.5) is 0 Å². The van der Waals surface area contributed by atoms with Gasteiger partial charge in [0.25, 0.3) is 0 Å². The lowest BCUT2D eigenvalue weighted by molar-refractivity contribution is 0.240. The van der Waals surface area contributed by atoms with E-state index in [-0.39, 0.29) is 12.6 Å². The molecule has 0 aromatic heterocycles. The van der Waals surface area contributed by atoms with Crippen LogP contribution in [-0.4, -0.2) is 17.8 Å². The van der Waals surface area contributed by atoms with E-state index in [0.29, 0.717) is 0 Å². The highest BCUT2D eigenvalue weighted by Crippen LogP contribution is 2.15. The maximum absolute atomic E-state index is 9.50. The van der Waals surface area contributed by atoms with Gasteiger partial charge in [-0.1, -0.05) is 48.0 Å². The average Bonchev–Trinajstić information content (AvgIpc) is 2.46. The molecule has 0 bridgehead atoms. The number of aliphatic hydroxyl groups excluding tert-OH is 1. The zero-order valence-electron chi connectivity index (χ0n) is 11.6. The molecule has 0 radical (unpaired) electrons. The number of hydrogen-bond acceptors (Lipinski definition) is 2. The fourth-order valence-corrected chi connectivity index (χ4v) is 2.44. The minimum Gasteiger partial charge on any atom is -0.395 e. The fourth-order valence-electron chi connectivity index (χ4n) is 2.21. The van der Waals surface area contributed by atoms with Gasteiger partial charge in [0, 0.05) is 17.6 Å². The van der Waals surface area contributed by atoms with Gasteiger partial charge in [-0.15, -0.1) is 0 Å². The molecule has 0 aliphatic heterocycles. The number of halogens is 1. The van der Waals surface area contributed by atoms with Crippen molar-refractivity contribution in [3.63, 3.8) is 0 Å². The highest BCUT2D eigenvalue weighted by atomic mass is 35.5. The lowest BCUT2D eigenvalue weighted by Crippen LogP contribution is -2.34. The molecule has 2 aromatic rings. The van der Waals surface area contributed by atoms with E-state index in [1.807, 2.05) is 43.3 Å². The molecule has 0 heterocycles. The van der Waals surface area contributed by atoms with Crippen molar-refractivity contribution in [3.8, 4) is 0 Å². The van der Waals surface area contributed by atoms with Crippen molar-refractivity contribution < 1.29 is 5.11 Å². The Kier molecular flexibility index (Phi) is 5.60. The van der Waals surface area contributed by atoms with E-state index in [2.05, 4.69) is 17.4 Å². The van der Waals surface area contributed by atoms with Gasteiger partial charge in [0.15, 0.2) is 0 Å². The molecule has 2 N–H and O–H groups in total. The Morgan fingerprint density at radius 3 is 2.55 bits per heavy atom. The smallest absolute Gasteiger partial charge is 0.0587 e. The predicted octanol–water partition coefficient (Wildman–Crippen LogP) is 3.34. The Morgan fingerprint density at radius 2 is 1.90 bits per heavy atom. The molecule has 0 aliphatic rings. The Hall–Kier alpha value is -1.35. The molecule has 0 saturated heterocycles. The van der Waals surface area contributed by atoms with Crippen LogP contribution in [0.2, 0.25) is 5.02 Å². The zero-order chi connectivity index (χ0) is 14.4. The first-order valence-electron chi connectivity index (χ1n) is 6.82. The van der Waals surface area contributed by atoms with Gasteiger partial charge in [0.05, 0.1) is 6.61 Å². The maximum atomic E-state index is 9.50. The maximum Gasteiger partial charge on any atom is 0.0587 e. The first kappa shape index (κ1) is 15.0.